The number of fused-ring (bicyclic) bond motifs is 8. The molecule has 194 valence electrons. The highest BCUT2D eigenvalue weighted by atomic mass is 32.2. The molecule has 0 radical (unpaired) electrons. The fourth-order valence-corrected chi connectivity index (χ4v) is 9.13. The highest BCUT2D eigenvalue weighted by Crippen LogP contribution is 2.69. The van der Waals surface area contributed by atoms with Crippen LogP contribution in [-0.2, 0) is 43.2 Å². The van der Waals surface area contributed by atoms with Crippen molar-refractivity contribution in [3.05, 3.63) is 0 Å². The SMILES string of the molecule is CC1C(=O)N2SN3C(=O)CC(C3=O)C(C(=O)O)(C3(C)C4CC(=O)N(SN5C(=O)CC3C5=O)C4=O)C1C2=O. The first-order valence-corrected chi connectivity index (χ1v) is 12.8. The van der Waals surface area contributed by atoms with Crippen molar-refractivity contribution in [3.63, 3.8) is 0 Å². The van der Waals surface area contributed by atoms with Crippen LogP contribution < -0.4 is 0 Å². The Balaban J connectivity index is 1.72. The van der Waals surface area contributed by atoms with Crippen LogP contribution >= 0.6 is 24.3 Å². The van der Waals surface area contributed by atoms with E-state index in [-0.39, 0.29) is 0 Å². The van der Waals surface area contributed by atoms with Gasteiger partial charge in [0.25, 0.3) is 0 Å². The summed E-state index contributed by atoms with van der Waals surface area (Å²) in [5.74, 6) is -16.5. The Labute approximate surface area is 216 Å². The van der Waals surface area contributed by atoms with Crippen molar-refractivity contribution in [1.29, 1.82) is 0 Å². The van der Waals surface area contributed by atoms with Crippen LogP contribution in [0.4, 0.5) is 0 Å². The molecular formula is C21H18N4O10S2. The summed E-state index contributed by atoms with van der Waals surface area (Å²) in [6, 6.07) is 0. The van der Waals surface area contributed by atoms with Gasteiger partial charge in [-0.15, -0.1) is 0 Å². The molecule has 6 fully saturated rings. The van der Waals surface area contributed by atoms with Crippen LogP contribution in [0.2, 0.25) is 0 Å². The number of hydrogen-bond donors (Lipinski definition) is 1. The minimum atomic E-state index is -2.66. The number of imide groups is 4. The molecule has 0 aromatic heterocycles. The normalized spacial score (nSPS) is 41.1. The summed E-state index contributed by atoms with van der Waals surface area (Å²) in [6.07, 6.45) is -1.73. The van der Waals surface area contributed by atoms with E-state index in [0.29, 0.717) is 41.5 Å². The van der Waals surface area contributed by atoms with Gasteiger partial charge < -0.3 is 5.11 Å². The molecule has 1 N–H and O–H groups in total. The lowest BCUT2D eigenvalue weighted by atomic mass is 9.43. The second kappa shape index (κ2) is 7.18. The van der Waals surface area contributed by atoms with Crippen LogP contribution in [0.15, 0.2) is 0 Å². The molecule has 0 aromatic carbocycles. The van der Waals surface area contributed by atoms with Gasteiger partial charge >= 0.3 is 5.97 Å². The molecule has 14 nitrogen and oxygen atoms in total. The monoisotopic (exact) mass is 550 g/mol. The fourth-order valence-electron chi connectivity index (χ4n) is 7.25. The van der Waals surface area contributed by atoms with E-state index in [1.165, 1.54) is 13.8 Å². The van der Waals surface area contributed by atoms with E-state index in [2.05, 4.69) is 0 Å². The second-order valence-corrected chi connectivity index (χ2v) is 12.0. The van der Waals surface area contributed by atoms with Crippen molar-refractivity contribution < 1.29 is 48.3 Å². The lowest BCUT2D eigenvalue weighted by molar-refractivity contribution is -0.196. The molecule has 0 spiro atoms. The summed E-state index contributed by atoms with van der Waals surface area (Å²) in [5.41, 5.74) is -4.85. The van der Waals surface area contributed by atoms with Gasteiger partial charge in [-0.05, 0) is 0 Å². The number of carbonyl (C=O) groups is 9. The first kappa shape index (κ1) is 24.1. The largest absolute Gasteiger partial charge is 0.481 e. The molecular weight excluding hydrogens is 532 g/mol. The zero-order valence-corrected chi connectivity index (χ0v) is 20.9. The van der Waals surface area contributed by atoms with Crippen LogP contribution in [0.25, 0.3) is 0 Å². The molecule has 6 aliphatic heterocycles. The molecule has 8 bridgehead atoms. The maximum absolute atomic E-state index is 13.7. The number of hydrogen-bond acceptors (Lipinski definition) is 11. The van der Waals surface area contributed by atoms with Crippen molar-refractivity contribution >= 4 is 77.5 Å². The van der Waals surface area contributed by atoms with Crippen LogP contribution in [0, 0.1) is 40.4 Å². The fraction of sp³-hybridized carbons (Fsp3) is 0.571. The van der Waals surface area contributed by atoms with Gasteiger partial charge in [0.05, 0.1) is 53.4 Å². The lowest BCUT2D eigenvalue weighted by Gasteiger charge is -2.55. The number of amides is 8. The standard InChI is InChI=1S/C21H18N4O10S2/c1-6-13-18(33)25(14(6)29)37-24-12(28)5-9(17(24)32)21(13,19(34)35)20(2)7-3-10(26)22(15(7)30)36-23-11(27)4-8(20)16(23)31/h6-9,13H,3-5H2,1-2H3,(H,34,35). The van der Waals surface area contributed by atoms with Gasteiger partial charge in [-0.2, -0.15) is 0 Å². The molecule has 0 aliphatic carbocycles. The first-order valence-electron chi connectivity index (χ1n) is 11.4. The molecule has 6 aliphatic rings. The average molecular weight is 551 g/mol. The summed E-state index contributed by atoms with van der Waals surface area (Å²) in [7, 11) is 0. The van der Waals surface area contributed by atoms with Crippen molar-refractivity contribution in [2.75, 3.05) is 0 Å². The zero-order valence-electron chi connectivity index (χ0n) is 19.2. The lowest BCUT2D eigenvalue weighted by Crippen LogP contribution is -2.66. The van der Waals surface area contributed by atoms with E-state index in [4.69, 9.17) is 0 Å². The third kappa shape index (κ3) is 2.48. The molecule has 6 rings (SSSR count). The highest BCUT2D eigenvalue weighted by molar-refractivity contribution is 7.97. The molecule has 6 heterocycles. The predicted octanol–water partition coefficient (Wildman–Crippen LogP) is -1.04. The van der Waals surface area contributed by atoms with Crippen molar-refractivity contribution in [3.8, 4) is 0 Å². The van der Waals surface area contributed by atoms with Crippen LogP contribution in [0.5, 0.6) is 0 Å². The van der Waals surface area contributed by atoms with E-state index in [9.17, 15) is 48.3 Å². The smallest absolute Gasteiger partial charge is 0.311 e. The third-order valence-electron chi connectivity index (χ3n) is 8.93. The van der Waals surface area contributed by atoms with Gasteiger partial charge in [0, 0.05) is 30.6 Å². The first-order chi connectivity index (χ1) is 17.3. The maximum atomic E-state index is 13.7. The van der Waals surface area contributed by atoms with Crippen LogP contribution in [-0.4, -0.2) is 75.6 Å². The number of carboxylic acid groups (broad SMARTS) is 1. The minimum Gasteiger partial charge on any atom is -0.481 e. The van der Waals surface area contributed by atoms with E-state index in [1.807, 2.05) is 0 Å². The molecule has 6 unspecified atom stereocenters. The van der Waals surface area contributed by atoms with Gasteiger partial charge in [-0.25, -0.2) is 17.2 Å². The summed E-state index contributed by atoms with van der Waals surface area (Å²) >= 11 is 0.630. The summed E-state index contributed by atoms with van der Waals surface area (Å²) in [5, 5.41) is 11.0. The van der Waals surface area contributed by atoms with Crippen molar-refractivity contribution in [1.82, 2.24) is 17.2 Å². The Morgan fingerprint density at radius 1 is 0.703 bits per heavy atom. The molecule has 8 amide bonds. The average Bonchev–Trinajstić information content (AvgIpc) is 3.47. The quantitative estimate of drug-likeness (QED) is 0.326. The summed E-state index contributed by atoms with van der Waals surface area (Å²) in [6.45, 7) is 2.55. The Morgan fingerprint density at radius 2 is 1.11 bits per heavy atom. The third-order valence-corrected chi connectivity index (χ3v) is 11.1. The Morgan fingerprint density at radius 3 is 1.57 bits per heavy atom. The molecule has 6 atom stereocenters. The molecule has 0 aromatic rings. The number of carboxylic acids is 1. The van der Waals surface area contributed by atoms with E-state index in [0.717, 1.165) is 0 Å². The van der Waals surface area contributed by atoms with E-state index >= 15 is 0 Å². The van der Waals surface area contributed by atoms with Gasteiger partial charge in [0.2, 0.25) is 47.3 Å². The summed E-state index contributed by atoms with van der Waals surface area (Å²) in [4.78, 5) is 120. The van der Waals surface area contributed by atoms with Crippen molar-refractivity contribution in [2.45, 2.75) is 33.1 Å². The Kier molecular flexibility index (Phi) is 4.68. The molecule has 6 saturated heterocycles. The molecule has 16 heteroatoms. The number of rotatable bonds is 2. The predicted molar refractivity (Wildman–Crippen MR) is 118 cm³/mol. The topological polar surface area (TPSA) is 187 Å². The zero-order chi connectivity index (χ0) is 26.9. The van der Waals surface area contributed by atoms with Gasteiger partial charge in [-0.3, -0.25) is 43.2 Å². The van der Waals surface area contributed by atoms with Crippen LogP contribution in [0.1, 0.15) is 33.1 Å². The number of carbonyl (C=O) groups excluding carboxylic acids is 8. The number of aliphatic carboxylic acids is 1. The van der Waals surface area contributed by atoms with E-state index in [1.54, 1.807) is 0 Å². The minimum absolute atomic E-state index is 0.296. The highest BCUT2D eigenvalue weighted by Gasteiger charge is 2.80. The second-order valence-electron chi connectivity index (χ2n) is 10.2. The van der Waals surface area contributed by atoms with E-state index < -0.39 is 113 Å². The summed E-state index contributed by atoms with van der Waals surface area (Å²) < 4.78 is 2.39. The Hall–Kier alpha value is -3.27. The Bertz CT molecular complexity index is 1280. The maximum Gasteiger partial charge on any atom is 0.311 e. The van der Waals surface area contributed by atoms with Gasteiger partial charge in [0.15, 0.2) is 0 Å². The molecule has 0 saturated carbocycles. The van der Waals surface area contributed by atoms with Gasteiger partial charge in [-0.1, -0.05) is 13.8 Å². The number of nitrogens with zero attached hydrogens (tertiary/aromatic N) is 4. The van der Waals surface area contributed by atoms with Crippen molar-refractivity contribution in [2.24, 2.45) is 40.4 Å². The van der Waals surface area contributed by atoms with Crippen LogP contribution in [0.3, 0.4) is 0 Å². The molecule has 37 heavy (non-hydrogen) atoms. The van der Waals surface area contributed by atoms with Gasteiger partial charge in [0.1, 0.15) is 0 Å².